The summed E-state index contributed by atoms with van der Waals surface area (Å²) in [6, 6.07) is 1.80. The molecule has 142 valence electrons. The first-order valence-corrected chi connectivity index (χ1v) is 9.65. The van der Waals surface area contributed by atoms with E-state index in [4.69, 9.17) is 4.74 Å². The van der Waals surface area contributed by atoms with Crippen molar-refractivity contribution < 1.29 is 14.8 Å². The van der Waals surface area contributed by atoms with E-state index in [0.717, 1.165) is 32.1 Å². The number of unbranched alkanes of at least 4 members (excludes halogenated alkanes) is 2. The van der Waals surface area contributed by atoms with Crippen LogP contribution in [0.5, 0.6) is 11.5 Å². The van der Waals surface area contributed by atoms with Gasteiger partial charge >= 0.3 is 5.69 Å². The number of nitro benzene ring substituents is 1. The van der Waals surface area contributed by atoms with E-state index >= 15 is 0 Å². The molecule has 5 heteroatoms. The third-order valence-corrected chi connectivity index (χ3v) is 5.93. The standard InChI is InChI=1S/C21H29NO4/c1-5-6-7-8-14-12-17-18(20(23)19(14)22(24)25)15-11-13(2)9-10-16(15)21(3,4)26-17/h11-12,15-16,23H,5-10H2,1-4H3/t15-,16-/m1/s1. The highest BCUT2D eigenvalue weighted by Gasteiger charge is 2.46. The number of phenolic OH excluding ortho intramolecular Hbond substituents is 1. The Morgan fingerprint density at radius 3 is 2.77 bits per heavy atom. The van der Waals surface area contributed by atoms with Crippen LogP contribution in [0.25, 0.3) is 0 Å². The number of ether oxygens (including phenoxy) is 1. The minimum absolute atomic E-state index is 0.0362. The van der Waals surface area contributed by atoms with Crippen LogP contribution in [0.2, 0.25) is 0 Å². The van der Waals surface area contributed by atoms with Crippen LogP contribution in [0.15, 0.2) is 17.7 Å². The highest BCUT2D eigenvalue weighted by Crippen LogP contribution is 2.55. The van der Waals surface area contributed by atoms with Gasteiger partial charge in [0.1, 0.15) is 11.4 Å². The van der Waals surface area contributed by atoms with Gasteiger partial charge in [-0.2, -0.15) is 0 Å². The Balaban J connectivity index is 2.15. The number of aryl methyl sites for hydroxylation is 1. The Labute approximate surface area is 155 Å². The van der Waals surface area contributed by atoms with Crippen molar-refractivity contribution in [3.8, 4) is 11.5 Å². The van der Waals surface area contributed by atoms with Crippen molar-refractivity contribution in [2.24, 2.45) is 5.92 Å². The minimum atomic E-state index is -0.439. The summed E-state index contributed by atoms with van der Waals surface area (Å²) in [7, 11) is 0. The third-order valence-electron chi connectivity index (χ3n) is 5.93. The molecule has 2 atom stereocenters. The summed E-state index contributed by atoms with van der Waals surface area (Å²) in [5.41, 5.74) is 1.94. The highest BCUT2D eigenvalue weighted by molar-refractivity contribution is 5.65. The molecule has 0 amide bonds. The quantitative estimate of drug-likeness (QED) is 0.319. The fraction of sp³-hybridized carbons (Fsp3) is 0.619. The average molecular weight is 359 g/mol. The van der Waals surface area contributed by atoms with Gasteiger partial charge in [-0.3, -0.25) is 10.1 Å². The van der Waals surface area contributed by atoms with Crippen molar-refractivity contribution in [1.29, 1.82) is 0 Å². The molecule has 0 aromatic heterocycles. The second-order valence-electron chi connectivity index (χ2n) is 8.25. The number of allylic oxidation sites excluding steroid dienone is 2. The van der Waals surface area contributed by atoms with Crippen LogP contribution in [-0.2, 0) is 6.42 Å². The van der Waals surface area contributed by atoms with E-state index in [1.165, 1.54) is 5.57 Å². The number of benzene rings is 1. The van der Waals surface area contributed by atoms with Gasteiger partial charge in [0.2, 0.25) is 5.75 Å². The Hall–Kier alpha value is -2.04. The van der Waals surface area contributed by atoms with E-state index in [2.05, 4.69) is 33.8 Å². The first-order valence-electron chi connectivity index (χ1n) is 9.65. The molecular weight excluding hydrogens is 330 g/mol. The molecule has 0 fully saturated rings. The van der Waals surface area contributed by atoms with Gasteiger partial charge in [-0.1, -0.05) is 31.4 Å². The summed E-state index contributed by atoms with van der Waals surface area (Å²) < 4.78 is 6.27. The normalized spacial score (nSPS) is 23.5. The van der Waals surface area contributed by atoms with Crippen molar-refractivity contribution in [3.63, 3.8) is 0 Å². The Kier molecular flexibility index (Phi) is 5.00. The summed E-state index contributed by atoms with van der Waals surface area (Å²) in [5.74, 6) is 0.577. The van der Waals surface area contributed by atoms with Crippen molar-refractivity contribution in [3.05, 3.63) is 39.0 Å². The van der Waals surface area contributed by atoms with Gasteiger partial charge in [0, 0.05) is 17.4 Å². The molecule has 0 spiro atoms. The minimum Gasteiger partial charge on any atom is -0.502 e. The van der Waals surface area contributed by atoms with Crippen LogP contribution < -0.4 is 4.74 Å². The lowest BCUT2D eigenvalue weighted by Crippen LogP contribution is -2.45. The predicted molar refractivity (Wildman–Crippen MR) is 102 cm³/mol. The number of hydrogen-bond acceptors (Lipinski definition) is 4. The molecule has 26 heavy (non-hydrogen) atoms. The number of hydrogen-bond donors (Lipinski definition) is 1. The number of aromatic hydroxyl groups is 1. The topological polar surface area (TPSA) is 72.6 Å². The first kappa shape index (κ1) is 18.7. The molecule has 0 bridgehead atoms. The van der Waals surface area contributed by atoms with Crippen molar-refractivity contribution in [2.45, 2.75) is 77.7 Å². The van der Waals surface area contributed by atoms with Crippen LogP contribution in [0.1, 0.15) is 76.8 Å². The molecule has 0 radical (unpaired) electrons. The molecule has 1 aliphatic carbocycles. The third kappa shape index (κ3) is 3.19. The van der Waals surface area contributed by atoms with E-state index in [9.17, 15) is 15.2 Å². The molecule has 0 saturated heterocycles. The van der Waals surface area contributed by atoms with Crippen LogP contribution >= 0.6 is 0 Å². The SMILES string of the molecule is CCCCCc1cc2c(c(O)c1[N+](=O)[O-])[C@@H]1C=C(C)CC[C@H]1C(C)(C)O2. The summed E-state index contributed by atoms with van der Waals surface area (Å²) in [6.07, 6.45) is 7.63. The lowest BCUT2D eigenvalue weighted by molar-refractivity contribution is -0.386. The number of nitro groups is 1. The largest absolute Gasteiger partial charge is 0.502 e. The lowest BCUT2D eigenvalue weighted by Gasteiger charge is -2.46. The Bertz CT molecular complexity index is 751. The average Bonchev–Trinajstić information content (AvgIpc) is 2.53. The van der Waals surface area contributed by atoms with E-state index in [-0.39, 0.29) is 28.9 Å². The number of rotatable bonds is 5. The molecule has 0 unspecified atom stereocenters. The second kappa shape index (κ2) is 6.93. The van der Waals surface area contributed by atoms with Crippen molar-refractivity contribution >= 4 is 5.69 Å². The maximum atomic E-state index is 11.7. The summed E-state index contributed by atoms with van der Waals surface area (Å²) in [4.78, 5) is 11.3. The smallest absolute Gasteiger partial charge is 0.314 e. The van der Waals surface area contributed by atoms with Crippen LogP contribution in [-0.4, -0.2) is 15.6 Å². The van der Waals surface area contributed by atoms with E-state index in [1.54, 1.807) is 6.07 Å². The zero-order valence-electron chi connectivity index (χ0n) is 16.2. The van der Waals surface area contributed by atoms with E-state index in [0.29, 0.717) is 23.3 Å². The lowest BCUT2D eigenvalue weighted by atomic mass is 9.67. The first-order chi connectivity index (χ1) is 12.3. The molecule has 5 nitrogen and oxygen atoms in total. The second-order valence-corrected chi connectivity index (χ2v) is 8.25. The molecule has 1 aromatic rings. The zero-order valence-corrected chi connectivity index (χ0v) is 16.2. The fourth-order valence-electron chi connectivity index (χ4n) is 4.56. The number of fused-ring (bicyclic) bond motifs is 3. The molecule has 3 rings (SSSR count). The molecule has 1 heterocycles. The van der Waals surface area contributed by atoms with Gasteiger partial charge < -0.3 is 9.84 Å². The predicted octanol–water partition coefficient (Wildman–Crippen LogP) is 5.64. The maximum Gasteiger partial charge on any atom is 0.314 e. The zero-order chi connectivity index (χ0) is 19.1. The molecule has 0 saturated carbocycles. The molecule has 1 aromatic carbocycles. The van der Waals surface area contributed by atoms with Crippen LogP contribution in [0, 0.1) is 16.0 Å². The summed E-state index contributed by atoms with van der Waals surface area (Å²) in [6.45, 7) is 8.35. The number of nitrogens with zero attached hydrogens (tertiary/aromatic N) is 1. The summed E-state index contributed by atoms with van der Waals surface area (Å²) in [5, 5.41) is 22.6. The molecule has 1 aliphatic heterocycles. The molecule has 2 aliphatic rings. The molecular formula is C21H29NO4. The van der Waals surface area contributed by atoms with Gasteiger partial charge in [0.15, 0.2) is 0 Å². The fourth-order valence-corrected chi connectivity index (χ4v) is 4.56. The Morgan fingerprint density at radius 2 is 2.12 bits per heavy atom. The van der Waals surface area contributed by atoms with Gasteiger partial charge in [-0.15, -0.1) is 0 Å². The number of phenols is 1. The highest BCUT2D eigenvalue weighted by atomic mass is 16.6. The Morgan fingerprint density at radius 1 is 1.38 bits per heavy atom. The van der Waals surface area contributed by atoms with E-state index in [1.807, 2.05) is 0 Å². The van der Waals surface area contributed by atoms with Crippen LogP contribution in [0.3, 0.4) is 0 Å². The maximum absolute atomic E-state index is 11.7. The van der Waals surface area contributed by atoms with Gasteiger partial charge in [-0.25, -0.2) is 0 Å². The van der Waals surface area contributed by atoms with E-state index < -0.39 is 4.92 Å². The van der Waals surface area contributed by atoms with Gasteiger partial charge in [0.05, 0.1) is 10.5 Å². The van der Waals surface area contributed by atoms with Crippen molar-refractivity contribution in [2.75, 3.05) is 0 Å². The van der Waals surface area contributed by atoms with Gasteiger partial charge in [-0.05, 0) is 52.5 Å². The monoisotopic (exact) mass is 359 g/mol. The van der Waals surface area contributed by atoms with Crippen molar-refractivity contribution in [1.82, 2.24) is 0 Å². The van der Waals surface area contributed by atoms with Gasteiger partial charge in [0.25, 0.3) is 0 Å². The summed E-state index contributed by atoms with van der Waals surface area (Å²) >= 11 is 0. The molecule has 1 N–H and O–H groups in total. The van der Waals surface area contributed by atoms with Crippen LogP contribution in [0.4, 0.5) is 5.69 Å².